The van der Waals surface area contributed by atoms with Gasteiger partial charge in [-0.25, -0.2) is 9.97 Å². The molecule has 0 aliphatic carbocycles. The van der Waals surface area contributed by atoms with Gasteiger partial charge >= 0.3 is 0 Å². The van der Waals surface area contributed by atoms with E-state index in [1.807, 2.05) is 36.4 Å². The van der Waals surface area contributed by atoms with E-state index in [1.54, 1.807) is 12.4 Å². The molecule has 1 unspecified atom stereocenters. The lowest BCUT2D eigenvalue weighted by Gasteiger charge is -2.34. The Morgan fingerprint density at radius 3 is 2.24 bits per heavy atom. The van der Waals surface area contributed by atoms with Crippen LogP contribution in [0, 0.1) is 0 Å². The van der Waals surface area contributed by atoms with Crippen LogP contribution in [-0.2, 0) is 11.2 Å². The fourth-order valence-electron chi connectivity index (χ4n) is 3.06. The maximum Gasteiger partial charge on any atom is 0.237 e. The van der Waals surface area contributed by atoms with Crippen molar-refractivity contribution in [3.05, 3.63) is 54.4 Å². The lowest BCUT2D eigenvalue weighted by Crippen LogP contribution is -2.50. The van der Waals surface area contributed by atoms with E-state index in [0.717, 1.165) is 44.2 Å². The number of carbonyl (C=O) groups is 1. The van der Waals surface area contributed by atoms with Crippen LogP contribution in [0.1, 0.15) is 5.56 Å². The van der Waals surface area contributed by atoms with E-state index in [9.17, 15) is 4.79 Å². The number of rotatable bonds is 7. The molecular weight excluding hydrogens is 435 g/mol. The molecule has 2 heterocycles. The Hall–Kier alpha value is -1.64. The minimum absolute atomic E-state index is 0. The third-order valence-electron chi connectivity index (χ3n) is 4.57. The van der Waals surface area contributed by atoms with Gasteiger partial charge in [0, 0.05) is 51.7 Å². The molecule has 0 spiro atoms. The number of anilines is 1. The highest BCUT2D eigenvalue weighted by Crippen LogP contribution is 2.09. The first-order valence-corrected chi connectivity index (χ1v) is 9.04. The molecule has 0 bridgehead atoms. The van der Waals surface area contributed by atoms with Crippen molar-refractivity contribution in [2.24, 2.45) is 5.73 Å². The molecule has 1 atom stereocenters. The smallest absolute Gasteiger partial charge is 0.237 e. The molecule has 1 aromatic heterocycles. The Kier molecular flexibility index (Phi) is 13.5. The number of amides is 1. The van der Waals surface area contributed by atoms with Crippen molar-refractivity contribution in [1.82, 2.24) is 20.2 Å². The molecule has 1 fully saturated rings. The highest BCUT2D eigenvalue weighted by molar-refractivity contribution is 5.86. The molecule has 7 nitrogen and oxygen atoms in total. The number of nitrogens with two attached hydrogens (primary N) is 1. The van der Waals surface area contributed by atoms with Crippen molar-refractivity contribution in [1.29, 1.82) is 0 Å². The summed E-state index contributed by atoms with van der Waals surface area (Å²) in [7, 11) is 0. The van der Waals surface area contributed by atoms with Crippen molar-refractivity contribution in [2.75, 3.05) is 44.2 Å². The zero-order valence-electron chi connectivity index (χ0n) is 16.1. The summed E-state index contributed by atoms with van der Waals surface area (Å²) in [6.07, 6.45) is 4.09. The topological polar surface area (TPSA) is 87.4 Å². The number of aromatic nitrogens is 2. The van der Waals surface area contributed by atoms with Crippen LogP contribution < -0.4 is 16.0 Å². The molecule has 0 saturated carbocycles. The monoisotopic (exact) mass is 462 g/mol. The highest BCUT2D eigenvalue weighted by atomic mass is 35.5. The quantitative estimate of drug-likeness (QED) is 0.648. The Bertz CT molecular complexity index is 687. The van der Waals surface area contributed by atoms with Crippen molar-refractivity contribution in [2.45, 2.75) is 12.5 Å². The molecule has 10 heteroatoms. The average Bonchev–Trinajstić information content (AvgIpc) is 2.70. The van der Waals surface area contributed by atoms with E-state index < -0.39 is 6.04 Å². The predicted octanol–water partition coefficient (Wildman–Crippen LogP) is 1.55. The first kappa shape index (κ1) is 27.4. The second-order valence-electron chi connectivity index (χ2n) is 6.46. The molecule has 3 rings (SSSR count). The molecule has 1 amide bonds. The number of hydrogen-bond donors (Lipinski definition) is 2. The van der Waals surface area contributed by atoms with Crippen molar-refractivity contribution < 1.29 is 4.79 Å². The van der Waals surface area contributed by atoms with Crippen LogP contribution in [0.5, 0.6) is 0 Å². The molecule has 1 aliphatic heterocycles. The van der Waals surface area contributed by atoms with Gasteiger partial charge in [-0.2, -0.15) is 0 Å². The van der Waals surface area contributed by atoms with E-state index >= 15 is 0 Å². The first-order valence-electron chi connectivity index (χ1n) is 9.04. The van der Waals surface area contributed by atoms with E-state index in [2.05, 4.69) is 25.1 Å². The summed E-state index contributed by atoms with van der Waals surface area (Å²) in [5.74, 6) is 0.692. The molecule has 29 heavy (non-hydrogen) atoms. The zero-order valence-corrected chi connectivity index (χ0v) is 18.6. The van der Waals surface area contributed by atoms with E-state index in [4.69, 9.17) is 5.73 Å². The van der Waals surface area contributed by atoms with Gasteiger partial charge in [0.1, 0.15) is 0 Å². The van der Waals surface area contributed by atoms with Gasteiger partial charge in [-0.05, 0) is 18.1 Å². The van der Waals surface area contributed by atoms with Gasteiger partial charge in [0.2, 0.25) is 11.9 Å². The second kappa shape index (κ2) is 14.4. The minimum Gasteiger partial charge on any atom is -0.353 e. The van der Waals surface area contributed by atoms with Gasteiger partial charge in [0.25, 0.3) is 0 Å². The fourth-order valence-corrected chi connectivity index (χ4v) is 3.06. The number of carbonyl (C=O) groups excluding carboxylic acids is 1. The van der Waals surface area contributed by atoms with Crippen molar-refractivity contribution in [3.63, 3.8) is 0 Å². The van der Waals surface area contributed by atoms with Crippen molar-refractivity contribution in [3.8, 4) is 0 Å². The second-order valence-corrected chi connectivity index (χ2v) is 6.46. The maximum absolute atomic E-state index is 12.1. The van der Waals surface area contributed by atoms with Crippen LogP contribution in [0.2, 0.25) is 0 Å². The number of hydrogen-bond acceptors (Lipinski definition) is 6. The van der Waals surface area contributed by atoms with E-state index in [-0.39, 0.29) is 43.1 Å². The van der Waals surface area contributed by atoms with Gasteiger partial charge in [0.05, 0.1) is 6.04 Å². The fraction of sp³-hybridized carbons (Fsp3) is 0.421. The molecular formula is C19H29Cl3N6O. The van der Waals surface area contributed by atoms with Crippen LogP contribution >= 0.6 is 37.2 Å². The molecule has 2 aromatic rings. The van der Waals surface area contributed by atoms with Gasteiger partial charge in [0.15, 0.2) is 0 Å². The number of benzene rings is 1. The lowest BCUT2D eigenvalue weighted by atomic mass is 10.1. The summed E-state index contributed by atoms with van der Waals surface area (Å²) in [4.78, 5) is 25.3. The highest BCUT2D eigenvalue weighted by Gasteiger charge is 2.19. The average molecular weight is 464 g/mol. The normalized spacial score (nSPS) is 14.6. The maximum atomic E-state index is 12.1. The predicted molar refractivity (Wildman–Crippen MR) is 124 cm³/mol. The first-order chi connectivity index (χ1) is 12.7. The van der Waals surface area contributed by atoms with Crippen LogP contribution in [0.25, 0.3) is 0 Å². The van der Waals surface area contributed by atoms with E-state index in [1.165, 1.54) is 0 Å². The van der Waals surface area contributed by atoms with Crippen LogP contribution in [0.15, 0.2) is 48.8 Å². The molecule has 0 radical (unpaired) electrons. The Labute approximate surface area is 190 Å². The summed E-state index contributed by atoms with van der Waals surface area (Å²) >= 11 is 0. The largest absolute Gasteiger partial charge is 0.353 e. The molecule has 1 aliphatic rings. The number of halogens is 3. The standard InChI is InChI=1S/C19H26N6O.3ClH/c20-17(15-16-5-2-1-3-6-16)18(26)21-9-10-24-11-13-25(14-12-24)19-22-7-4-8-23-19;;;/h1-8,17H,9-15,20H2,(H,21,26);3*1H. The van der Waals surface area contributed by atoms with Gasteiger partial charge in [-0.15, -0.1) is 37.2 Å². The van der Waals surface area contributed by atoms with Gasteiger partial charge in [-0.3, -0.25) is 9.69 Å². The Morgan fingerprint density at radius 1 is 1.00 bits per heavy atom. The van der Waals surface area contributed by atoms with Gasteiger partial charge < -0.3 is 16.0 Å². The Balaban J connectivity index is 0.00000261. The van der Waals surface area contributed by atoms with Crippen LogP contribution in [0.4, 0.5) is 5.95 Å². The minimum atomic E-state index is -0.510. The molecule has 3 N–H and O–H groups in total. The summed E-state index contributed by atoms with van der Waals surface area (Å²) in [6.45, 7) is 5.10. The van der Waals surface area contributed by atoms with Crippen LogP contribution in [0.3, 0.4) is 0 Å². The zero-order chi connectivity index (χ0) is 18.2. The van der Waals surface area contributed by atoms with Gasteiger partial charge in [-0.1, -0.05) is 30.3 Å². The van der Waals surface area contributed by atoms with E-state index in [0.29, 0.717) is 13.0 Å². The third-order valence-corrected chi connectivity index (χ3v) is 4.57. The van der Waals surface area contributed by atoms with Crippen LogP contribution in [-0.4, -0.2) is 66.1 Å². The summed E-state index contributed by atoms with van der Waals surface area (Å²) in [5, 5.41) is 2.95. The summed E-state index contributed by atoms with van der Waals surface area (Å²) < 4.78 is 0. The lowest BCUT2D eigenvalue weighted by molar-refractivity contribution is -0.122. The van der Waals surface area contributed by atoms with Crippen molar-refractivity contribution >= 4 is 49.1 Å². The summed E-state index contributed by atoms with van der Waals surface area (Å²) in [5.41, 5.74) is 7.08. The SMILES string of the molecule is Cl.Cl.Cl.NC(Cc1ccccc1)C(=O)NCCN1CCN(c2ncccn2)CC1. The molecule has 162 valence electrons. The third kappa shape index (κ3) is 8.72. The Morgan fingerprint density at radius 2 is 1.62 bits per heavy atom. The molecule has 1 aromatic carbocycles. The molecule has 1 saturated heterocycles. The number of piperazine rings is 1. The number of nitrogens with one attached hydrogen (secondary N) is 1. The summed E-state index contributed by atoms with van der Waals surface area (Å²) in [6, 6.07) is 11.2. The number of nitrogens with zero attached hydrogens (tertiary/aromatic N) is 4.